The van der Waals surface area contributed by atoms with Gasteiger partial charge in [-0.1, -0.05) is 30.3 Å². The molecule has 1 aliphatic carbocycles. The van der Waals surface area contributed by atoms with Gasteiger partial charge < -0.3 is 5.32 Å². The number of benzene rings is 1. The van der Waals surface area contributed by atoms with Crippen LogP contribution < -0.4 is 5.32 Å². The lowest BCUT2D eigenvalue weighted by Crippen LogP contribution is -2.65. The van der Waals surface area contributed by atoms with Crippen molar-refractivity contribution in [2.24, 2.45) is 5.92 Å². The Morgan fingerprint density at radius 1 is 1.22 bits per heavy atom. The van der Waals surface area contributed by atoms with Crippen molar-refractivity contribution in [3.63, 3.8) is 0 Å². The Hall–Kier alpha value is -1.94. The van der Waals surface area contributed by atoms with E-state index < -0.39 is 0 Å². The summed E-state index contributed by atoms with van der Waals surface area (Å²) in [5, 5.41) is 3.41. The van der Waals surface area contributed by atoms with E-state index in [1.165, 1.54) is 37.1 Å². The van der Waals surface area contributed by atoms with Crippen LogP contribution in [-0.2, 0) is 6.54 Å². The number of nitrogens with zero attached hydrogens (tertiary/aromatic N) is 2. The fourth-order valence-corrected chi connectivity index (χ4v) is 4.13. The molecule has 0 atom stereocenters. The monoisotopic (exact) mass is 311 g/mol. The van der Waals surface area contributed by atoms with Gasteiger partial charge in [-0.25, -0.2) is 4.39 Å². The van der Waals surface area contributed by atoms with Crippen LogP contribution in [0.15, 0.2) is 48.8 Å². The van der Waals surface area contributed by atoms with Crippen molar-refractivity contribution in [1.82, 2.24) is 9.88 Å². The van der Waals surface area contributed by atoms with Gasteiger partial charge in [0.25, 0.3) is 0 Å². The molecule has 2 aliphatic heterocycles. The summed E-state index contributed by atoms with van der Waals surface area (Å²) in [5.41, 5.74) is 2.35. The van der Waals surface area contributed by atoms with Gasteiger partial charge in [0.05, 0.1) is 18.1 Å². The van der Waals surface area contributed by atoms with Crippen LogP contribution >= 0.6 is 0 Å². The topological polar surface area (TPSA) is 28.2 Å². The van der Waals surface area contributed by atoms with Crippen molar-refractivity contribution in [3.8, 4) is 0 Å². The minimum atomic E-state index is -0.288. The minimum absolute atomic E-state index is 0.213. The molecule has 2 aromatic rings. The van der Waals surface area contributed by atoms with Gasteiger partial charge in [-0.2, -0.15) is 0 Å². The molecule has 0 spiro atoms. The number of piperidine rings is 2. The first-order valence-corrected chi connectivity index (χ1v) is 8.37. The highest BCUT2D eigenvalue weighted by Gasteiger charge is 2.51. The number of fused-ring (bicyclic) bond motifs is 2. The Morgan fingerprint density at radius 3 is 2.83 bits per heavy atom. The lowest BCUT2D eigenvalue weighted by atomic mass is 9.62. The number of anilines is 1. The number of aromatic nitrogens is 1. The van der Waals surface area contributed by atoms with E-state index in [-0.39, 0.29) is 11.4 Å². The second-order valence-electron chi connectivity index (χ2n) is 6.94. The van der Waals surface area contributed by atoms with Crippen molar-refractivity contribution in [2.45, 2.75) is 31.3 Å². The third-order valence-corrected chi connectivity index (χ3v) is 5.36. The van der Waals surface area contributed by atoms with Crippen LogP contribution in [0.3, 0.4) is 0 Å². The summed E-state index contributed by atoms with van der Waals surface area (Å²) in [4.78, 5) is 6.53. The van der Waals surface area contributed by atoms with Gasteiger partial charge in [0.2, 0.25) is 0 Å². The molecule has 120 valence electrons. The average Bonchev–Trinajstić information content (AvgIpc) is 2.54. The molecule has 0 unspecified atom stereocenters. The summed E-state index contributed by atoms with van der Waals surface area (Å²) in [7, 11) is 0. The first-order valence-electron chi connectivity index (χ1n) is 8.37. The van der Waals surface area contributed by atoms with Gasteiger partial charge in [0, 0.05) is 24.7 Å². The van der Waals surface area contributed by atoms with Crippen LogP contribution in [0.5, 0.6) is 0 Å². The van der Waals surface area contributed by atoms with Crippen LogP contribution in [0.2, 0.25) is 0 Å². The summed E-state index contributed by atoms with van der Waals surface area (Å²) in [5.74, 6) is 0.582. The zero-order valence-electron chi connectivity index (χ0n) is 13.2. The number of hydrogen-bond acceptors (Lipinski definition) is 3. The van der Waals surface area contributed by atoms with E-state index in [0.29, 0.717) is 0 Å². The predicted molar refractivity (Wildman–Crippen MR) is 89.6 cm³/mol. The summed E-state index contributed by atoms with van der Waals surface area (Å²) in [6.45, 7) is 3.01. The molecule has 0 radical (unpaired) electrons. The maximum absolute atomic E-state index is 13.3. The lowest BCUT2D eigenvalue weighted by Gasteiger charge is -2.59. The van der Waals surface area contributed by atoms with Gasteiger partial charge in [0.1, 0.15) is 5.82 Å². The Kier molecular flexibility index (Phi) is 3.77. The average molecular weight is 311 g/mol. The molecule has 1 aromatic heterocycles. The van der Waals surface area contributed by atoms with Crippen molar-refractivity contribution in [2.75, 3.05) is 18.4 Å². The molecule has 3 fully saturated rings. The maximum Gasteiger partial charge on any atom is 0.143 e. The standard InChI is InChI=1S/C19H22FN3/c20-17-8-18(12-21-11-17)22-14-19-9-16(10-19)6-7-23(19)13-15-4-2-1-3-5-15/h1-5,8,11-12,16,22H,6-7,9-10,13-14H2. The highest BCUT2D eigenvalue weighted by molar-refractivity contribution is 5.41. The molecule has 2 bridgehead atoms. The first kappa shape index (κ1) is 14.6. The van der Waals surface area contributed by atoms with Gasteiger partial charge >= 0.3 is 0 Å². The fraction of sp³-hybridized carbons (Fsp3) is 0.421. The van der Waals surface area contributed by atoms with E-state index >= 15 is 0 Å². The molecule has 2 saturated heterocycles. The molecule has 5 rings (SSSR count). The quantitative estimate of drug-likeness (QED) is 0.913. The van der Waals surface area contributed by atoms with E-state index in [2.05, 4.69) is 45.5 Å². The molecule has 4 heteroatoms. The van der Waals surface area contributed by atoms with Gasteiger partial charge in [-0.3, -0.25) is 9.88 Å². The Bertz CT molecular complexity index is 667. The molecular weight excluding hydrogens is 289 g/mol. The molecule has 3 aliphatic rings. The first-order chi connectivity index (χ1) is 11.2. The van der Waals surface area contributed by atoms with Crippen molar-refractivity contribution >= 4 is 5.69 Å². The van der Waals surface area contributed by atoms with Crippen molar-refractivity contribution in [3.05, 3.63) is 60.2 Å². The van der Waals surface area contributed by atoms with E-state index in [1.807, 2.05) is 0 Å². The van der Waals surface area contributed by atoms with Gasteiger partial charge in [0.15, 0.2) is 0 Å². The van der Waals surface area contributed by atoms with E-state index in [9.17, 15) is 4.39 Å². The summed E-state index contributed by atoms with van der Waals surface area (Å²) in [6.07, 6.45) is 6.73. The number of nitrogens with one attached hydrogen (secondary N) is 1. The molecule has 23 heavy (non-hydrogen) atoms. The zero-order chi connectivity index (χ0) is 15.7. The predicted octanol–water partition coefficient (Wildman–Crippen LogP) is 3.69. The largest absolute Gasteiger partial charge is 0.382 e. The molecule has 3 nitrogen and oxygen atoms in total. The van der Waals surface area contributed by atoms with Crippen LogP contribution in [0.4, 0.5) is 10.1 Å². The van der Waals surface area contributed by atoms with Crippen LogP contribution in [-0.4, -0.2) is 28.5 Å². The number of halogens is 1. The summed E-state index contributed by atoms with van der Waals surface area (Å²) in [6, 6.07) is 12.2. The van der Waals surface area contributed by atoms with Crippen LogP contribution in [0.1, 0.15) is 24.8 Å². The smallest absolute Gasteiger partial charge is 0.143 e. The highest BCUT2D eigenvalue weighted by atomic mass is 19.1. The number of hydrogen-bond donors (Lipinski definition) is 1. The Balaban J connectivity index is 1.46. The molecule has 1 aromatic carbocycles. The van der Waals surface area contributed by atoms with E-state index in [0.717, 1.165) is 31.2 Å². The molecule has 1 saturated carbocycles. The van der Waals surface area contributed by atoms with Crippen LogP contribution in [0.25, 0.3) is 0 Å². The SMILES string of the molecule is Fc1cncc(NCC23CC(CCN2Cc2ccccc2)C3)c1. The zero-order valence-corrected chi connectivity index (χ0v) is 13.2. The van der Waals surface area contributed by atoms with E-state index in [1.54, 1.807) is 6.20 Å². The highest BCUT2D eigenvalue weighted by Crippen LogP contribution is 2.49. The summed E-state index contributed by atoms with van der Waals surface area (Å²) >= 11 is 0. The molecular formula is C19H22FN3. The van der Waals surface area contributed by atoms with Crippen LogP contribution in [0, 0.1) is 11.7 Å². The minimum Gasteiger partial charge on any atom is -0.382 e. The normalized spacial score (nSPS) is 26.6. The number of rotatable bonds is 5. The van der Waals surface area contributed by atoms with Gasteiger partial charge in [-0.05, 0) is 37.3 Å². The Labute approximate surface area is 136 Å². The Morgan fingerprint density at radius 2 is 2.04 bits per heavy atom. The lowest BCUT2D eigenvalue weighted by molar-refractivity contribution is -0.0733. The summed E-state index contributed by atoms with van der Waals surface area (Å²) < 4.78 is 13.3. The second kappa shape index (κ2) is 5.93. The molecule has 1 N–H and O–H groups in total. The van der Waals surface area contributed by atoms with Gasteiger partial charge in [-0.15, -0.1) is 0 Å². The maximum atomic E-state index is 13.3. The van der Waals surface area contributed by atoms with Crippen molar-refractivity contribution < 1.29 is 4.39 Å². The second-order valence-corrected chi connectivity index (χ2v) is 6.94. The van der Waals surface area contributed by atoms with Crippen molar-refractivity contribution in [1.29, 1.82) is 0 Å². The third kappa shape index (κ3) is 2.95. The molecule has 0 amide bonds. The fourth-order valence-electron chi connectivity index (χ4n) is 4.13. The molecule has 3 heterocycles. The third-order valence-electron chi connectivity index (χ3n) is 5.36. The number of pyridine rings is 1. The van der Waals surface area contributed by atoms with E-state index in [4.69, 9.17) is 0 Å².